The highest BCUT2D eigenvalue weighted by Crippen LogP contribution is 2.32. The third kappa shape index (κ3) is 4.47. The second kappa shape index (κ2) is 7.67. The lowest BCUT2D eigenvalue weighted by Gasteiger charge is -2.37. The number of carboxylic acid groups (broad SMARTS) is 1. The van der Waals surface area contributed by atoms with E-state index in [2.05, 4.69) is 10.1 Å². The Kier molecular flexibility index (Phi) is 5.79. The van der Waals surface area contributed by atoms with Crippen molar-refractivity contribution >= 4 is 18.0 Å². The average molecular weight is 370 g/mol. The van der Waals surface area contributed by atoms with Crippen LogP contribution in [0.3, 0.4) is 0 Å². The lowest BCUT2D eigenvalue weighted by molar-refractivity contribution is -0.136. The molecule has 26 heavy (non-hydrogen) atoms. The van der Waals surface area contributed by atoms with Crippen molar-refractivity contribution in [1.82, 2.24) is 10.2 Å². The minimum Gasteiger partial charge on any atom is -0.465 e. The van der Waals surface area contributed by atoms with Crippen LogP contribution in [0.4, 0.5) is 13.6 Å². The van der Waals surface area contributed by atoms with Crippen molar-refractivity contribution in [3.05, 3.63) is 35.4 Å². The lowest BCUT2D eigenvalue weighted by atomic mass is 9.97. The fourth-order valence-corrected chi connectivity index (χ4v) is 2.82. The summed E-state index contributed by atoms with van der Waals surface area (Å²) in [4.78, 5) is 35.8. The SMILES string of the molecule is COC(=O)c1ccc([C@H](C)NC(=O)C2CC(F)(F)CCN2C(=O)O)cc1. The maximum Gasteiger partial charge on any atom is 0.407 e. The number of hydrogen-bond donors (Lipinski definition) is 2. The van der Waals surface area contributed by atoms with Crippen LogP contribution in [0.1, 0.15) is 41.7 Å². The van der Waals surface area contributed by atoms with Crippen molar-refractivity contribution in [1.29, 1.82) is 0 Å². The first-order valence-electron chi connectivity index (χ1n) is 8.00. The fourth-order valence-electron chi connectivity index (χ4n) is 2.82. The standard InChI is InChI=1S/C17H20F2N2O5/c1-10(11-3-5-12(6-4-11)15(23)26-2)20-14(22)13-9-17(18,19)7-8-21(13)16(24)25/h3-6,10,13H,7-9H2,1-2H3,(H,20,22)(H,24,25)/t10-,13?/m0/s1. The Morgan fingerprint density at radius 1 is 1.31 bits per heavy atom. The smallest absolute Gasteiger partial charge is 0.407 e. The summed E-state index contributed by atoms with van der Waals surface area (Å²) < 4.78 is 31.8. The van der Waals surface area contributed by atoms with Gasteiger partial charge in [-0.3, -0.25) is 9.69 Å². The van der Waals surface area contributed by atoms with Gasteiger partial charge in [0, 0.05) is 19.4 Å². The Morgan fingerprint density at radius 3 is 2.46 bits per heavy atom. The molecule has 0 bridgehead atoms. The quantitative estimate of drug-likeness (QED) is 0.794. The van der Waals surface area contributed by atoms with Crippen LogP contribution in [0.5, 0.6) is 0 Å². The van der Waals surface area contributed by atoms with Gasteiger partial charge in [-0.2, -0.15) is 0 Å². The van der Waals surface area contributed by atoms with E-state index in [1.807, 2.05) is 0 Å². The minimum absolute atomic E-state index is 0.332. The number of hydrogen-bond acceptors (Lipinski definition) is 4. The predicted octanol–water partition coefficient (Wildman–Crippen LogP) is 2.43. The van der Waals surface area contributed by atoms with Crippen LogP contribution in [-0.2, 0) is 9.53 Å². The number of carbonyl (C=O) groups excluding carboxylic acids is 2. The number of halogens is 2. The maximum absolute atomic E-state index is 13.6. The number of nitrogens with zero attached hydrogens (tertiary/aromatic N) is 1. The summed E-state index contributed by atoms with van der Waals surface area (Å²) in [5, 5.41) is 11.7. The highest BCUT2D eigenvalue weighted by Gasteiger charge is 2.45. The van der Waals surface area contributed by atoms with E-state index in [4.69, 9.17) is 5.11 Å². The van der Waals surface area contributed by atoms with Gasteiger partial charge in [0.05, 0.1) is 18.7 Å². The molecule has 1 heterocycles. The lowest BCUT2D eigenvalue weighted by Crippen LogP contribution is -2.56. The van der Waals surface area contributed by atoms with E-state index in [1.54, 1.807) is 19.1 Å². The molecule has 0 aliphatic carbocycles. The molecule has 1 aromatic rings. The second-order valence-electron chi connectivity index (χ2n) is 6.15. The summed E-state index contributed by atoms with van der Waals surface area (Å²) in [6.07, 6.45) is -2.86. The van der Waals surface area contributed by atoms with E-state index in [1.165, 1.54) is 19.2 Å². The molecule has 1 aromatic carbocycles. The predicted molar refractivity (Wildman–Crippen MR) is 87.0 cm³/mol. The maximum atomic E-state index is 13.6. The Labute approximate surface area is 148 Å². The Morgan fingerprint density at radius 2 is 1.92 bits per heavy atom. The number of ether oxygens (including phenoxy) is 1. The van der Waals surface area contributed by atoms with Crippen molar-refractivity contribution < 1.29 is 33.0 Å². The van der Waals surface area contributed by atoms with E-state index in [9.17, 15) is 23.2 Å². The van der Waals surface area contributed by atoms with E-state index < -0.39 is 55.4 Å². The molecule has 9 heteroatoms. The third-order valence-corrected chi connectivity index (χ3v) is 4.33. The molecular formula is C17H20F2N2O5. The number of piperidine rings is 1. The first-order chi connectivity index (χ1) is 12.1. The van der Waals surface area contributed by atoms with Gasteiger partial charge in [0.25, 0.3) is 5.92 Å². The van der Waals surface area contributed by atoms with E-state index >= 15 is 0 Å². The molecule has 142 valence electrons. The van der Waals surface area contributed by atoms with Gasteiger partial charge in [0.15, 0.2) is 0 Å². The van der Waals surface area contributed by atoms with Crippen LogP contribution in [0.2, 0.25) is 0 Å². The van der Waals surface area contributed by atoms with Gasteiger partial charge in [-0.1, -0.05) is 12.1 Å². The van der Waals surface area contributed by atoms with Crippen LogP contribution in [0.25, 0.3) is 0 Å². The van der Waals surface area contributed by atoms with Gasteiger partial charge in [-0.05, 0) is 24.6 Å². The largest absolute Gasteiger partial charge is 0.465 e. The van der Waals surface area contributed by atoms with Crippen LogP contribution < -0.4 is 5.32 Å². The van der Waals surface area contributed by atoms with Gasteiger partial charge in [0.2, 0.25) is 5.91 Å². The molecule has 1 unspecified atom stereocenters. The average Bonchev–Trinajstić information content (AvgIpc) is 2.59. The number of rotatable bonds is 4. The van der Waals surface area contributed by atoms with E-state index in [-0.39, 0.29) is 0 Å². The van der Waals surface area contributed by atoms with Crippen molar-refractivity contribution in [2.75, 3.05) is 13.7 Å². The van der Waals surface area contributed by atoms with Crippen LogP contribution >= 0.6 is 0 Å². The van der Waals surface area contributed by atoms with E-state index in [0.717, 1.165) is 4.90 Å². The Balaban J connectivity index is 2.09. The zero-order chi connectivity index (χ0) is 19.5. The monoisotopic (exact) mass is 370 g/mol. The molecule has 0 radical (unpaired) electrons. The van der Waals surface area contributed by atoms with Gasteiger partial charge < -0.3 is 15.2 Å². The topological polar surface area (TPSA) is 95.9 Å². The first-order valence-corrected chi connectivity index (χ1v) is 8.00. The molecule has 7 nitrogen and oxygen atoms in total. The molecule has 1 saturated heterocycles. The molecule has 2 atom stereocenters. The number of nitrogens with one attached hydrogen (secondary N) is 1. The van der Waals surface area contributed by atoms with Gasteiger partial charge in [-0.15, -0.1) is 0 Å². The number of carbonyl (C=O) groups is 3. The second-order valence-corrected chi connectivity index (χ2v) is 6.15. The van der Waals surface area contributed by atoms with Gasteiger partial charge >= 0.3 is 12.1 Å². The highest BCUT2D eigenvalue weighted by atomic mass is 19.3. The minimum atomic E-state index is -3.08. The number of benzene rings is 1. The van der Waals surface area contributed by atoms with Crippen LogP contribution in [-0.4, -0.2) is 53.6 Å². The van der Waals surface area contributed by atoms with Crippen molar-refractivity contribution in [2.24, 2.45) is 0 Å². The number of alkyl halides is 2. The molecule has 2 rings (SSSR count). The summed E-state index contributed by atoms with van der Waals surface area (Å²) in [7, 11) is 1.26. The molecule has 1 aliphatic heterocycles. The Bertz CT molecular complexity index is 693. The molecule has 2 N–H and O–H groups in total. The van der Waals surface area contributed by atoms with Crippen LogP contribution in [0.15, 0.2) is 24.3 Å². The number of methoxy groups -OCH3 is 1. The number of esters is 1. The molecule has 0 saturated carbocycles. The van der Waals surface area contributed by atoms with Crippen LogP contribution in [0, 0.1) is 0 Å². The Hall–Kier alpha value is -2.71. The van der Waals surface area contributed by atoms with Gasteiger partial charge in [0.1, 0.15) is 6.04 Å². The summed E-state index contributed by atoms with van der Waals surface area (Å²) >= 11 is 0. The highest BCUT2D eigenvalue weighted by molar-refractivity contribution is 5.89. The number of amides is 2. The summed E-state index contributed by atoms with van der Waals surface area (Å²) in [6, 6.07) is 4.22. The number of likely N-dealkylation sites (tertiary alicyclic amines) is 1. The third-order valence-electron chi connectivity index (χ3n) is 4.33. The molecule has 0 aromatic heterocycles. The molecule has 2 amide bonds. The van der Waals surface area contributed by atoms with Crippen molar-refractivity contribution in [2.45, 2.75) is 37.8 Å². The van der Waals surface area contributed by atoms with Crippen molar-refractivity contribution in [3.63, 3.8) is 0 Å². The normalized spacial score (nSPS) is 20.2. The van der Waals surface area contributed by atoms with Crippen molar-refractivity contribution in [3.8, 4) is 0 Å². The van der Waals surface area contributed by atoms with Gasteiger partial charge in [-0.25, -0.2) is 18.4 Å². The summed E-state index contributed by atoms with van der Waals surface area (Å²) in [5.74, 6) is -4.37. The molecule has 0 spiro atoms. The first kappa shape index (κ1) is 19.6. The zero-order valence-corrected chi connectivity index (χ0v) is 14.4. The molecule has 1 fully saturated rings. The van der Waals surface area contributed by atoms with E-state index in [0.29, 0.717) is 11.1 Å². The summed E-state index contributed by atoms with van der Waals surface area (Å²) in [6.45, 7) is 1.24. The zero-order valence-electron chi connectivity index (χ0n) is 14.4. The summed E-state index contributed by atoms with van der Waals surface area (Å²) in [5.41, 5.74) is 0.967. The molecule has 1 aliphatic rings. The fraction of sp³-hybridized carbons (Fsp3) is 0.471. The molecular weight excluding hydrogens is 350 g/mol.